The molecular formula is C15H15FN2O3. The van der Waals surface area contributed by atoms with E-state index >= 15 is 0 Å². The zero-order chi connectivity index (χ0) is 15.6. The second kappa shape index (κ2) is 5.78. The van der Waals surface area contributed by atoms with Gasteiger partial charge in [-0.25, -0.2) is 4.39 Å². The maximum atomic E-state index is 12.8. The standard InChI is InChI=1S/C15H15FN2O3/c1-9-7-12(13(19)15(21)18(9)2)14(20)17-8-10-3-5-11(16)6-4-10/h3-7,19H,8H2,1-2H3,(H,17,20). The molecule has 0 saturated carbocycles. The molecule has 1 amide bonds. The van der Waals surface area contributed by atoms with Gasteiger partial charge in [0.25, 0.3) is 11.5 Å². The van der Waals surface area contributed by atoms with Crippen LogP contribution < -0.4 is 10.9 Å². The Kier molecular flexibility index (Phi) is 4.07. The van der Waals surface area contributed by atoms with Gasteiger partial charge in [0.15, 0.2) is 5.75 Å². The maximum Gasteiger partial charge on any atom is 0.293 e. The van der Waals surface area contributed by atoms with Crippen LogP contribution >= 0.6 is 0 Å². The molecule has 0 atom stereocenters. The van der Waals surface area contributed by atoms with Crippen LogP contribution in [0.1, 0.15) is 21.6 Å². The lowest BCUT2D eigenvalue weighted by Gasteiger charge is -2.10. The molecule has 1 aromatic carbocycles. The minimum atomic E-state index is -0.623. The third-order valence-corrected chi connectivity index (χ3v) is 3.26. The summed E-state index contributed by atoms with van der Waals surface area (Å²) in [5, 5.41) is 12.3. The van der Waals surface area contributed by atoms with E-state index in [-0.39, 0.29) is 17.9 Å². The quantitative estimate of drug-likeness (QED) is 0.899. The fraction of sp³-hybridized carbons (Fsp3) is 0.200. The van der Waals surface area contributed by atoms with Crippen molar-refractivity contribution in [3.8, 4) is 5.75 Å². The summed E-state index contributed by atoms with van der Waals surface area (Å²) in [6, 6.07) is 7.12. The summed E-state index contributed by atoms with van der Waals surface area (Å²) in [5.74, 6) is -1.50. The Morgan fingerprint density at radius 1 is 1.33 bits per heavy atom. The van der Waals surface area contributed by atoms with E-state index in [1.54, 1.807) is 19.1 Å². The molecule has 21 heavy (non-hydrogen) atoms. The number of nitrogens with one attached hydrogen (secondary N) is 1. The molecule has 5 nitrogen and oxygen atoms in total. The highest BCUT2D eigenvalue weighted by Gasteiger charge is 2.16. The molecule has 0 aliphatic rings. The Balaban J connectivity index is 2.18. The van der Waals surface area contributed by atoms with Gasteiger partial charge in [0, 0.05) is 19.3 Å². The summed E-state index contributed by atoms with van der Waals surface area (Å²) >= 11 is 0. The van der Waals surface area contributed by atoms with Gasteiger partial charge in [0.2, 0.25) is 0 Å². The van der Waals surface area contributed by atoms with Crippen molar-refractivity contribution in [2.45, 2.75) is 13.5 Å². The van der Waals surface area contributed by atoms with Crippen LogP contribution in [0.3, 0.4) is 0 Å². The first kappa shape index (κ1) is 14.8. The molecule has 0 fully saturated rings. The molecule has 0 radical (unpaired) electrons. The van der Waals surface area contributed by atoms with Crippen LogP contribution in [0.4, 0.5) is 4.39 Å². The average molecular weight is 290 g/mol. The number of aromatic nitrogens is 1. The average Bonchev–Trinajstić information content (AvgIpc) is 2.48. The van der Waals surface area contributed by atoms with Crippen molar-refractivity contribution in [3.05, 3.63) is 63.3 Å². The number of amides is 1. The number of halogens is 1. The van der Waals surface area contributed by atoms with E-state index in [1.807, 2.05) is 0 Å². The van der Waals surface area contributed by atoms with E-state index in [1.165, 1.54) is 29.8 Å². The minimum Gasteiger partial charge on any atom is -0.502 e. The van der Waals surface area contributed by atoms with Crippen molar-refractivity contribution in [3.63, 3.8) is 0 Å². The summed E-state index contributed by atoms with van der Waals surface area (Å²) in [7, 11) is 1.51. The van der Waals surface area contributed by atoms with E-state index in [0.29, 0.717) is 11.3 Å². The van der Waals surface area contributed by atoms with Gasteiger partial charge >= 0.3 is 0 Å². The Hall–Kier alpha value is -2.63. The number of aryl methyl sites for hydroxylation is 1. The zero-order valence-corrected chi connectivity index (χ0v) is 11.7. The van der Waals surface area contributed by atoms with Crippen molar-refractivity contribution in [2.24, 2.45) is 7.05 Å². The van der Waals surface area contributed by atoms with E-state index < -0.39 is 17.2 Å². The van der Waals surface area contributed by atoms with E-state index in [0.717, 1.165) is 0 Å². The smallest absolute Gasteiger partial charge is 0.293 e. The lowest BCUT2D eigenvalue weighted by atomic mass is 10.1. The molecule has 0 bridgehead atoms. The molecule has 0 spiro atoms. The van der Waals surface area contributed by atoms with E-state index in [9.17, 15) is 19.1 Å². The van der Waals surface area contributed by atoms with Gasteiger partial charge in [-0.05, 0) is 30.7 Å². The number of aromatic hydroxyl groups is 1. The highest BCUT2D eigenvalue weighted by Crippen LogP contribution is 2.13. The third kappa shape index (κ3) is 3.10. The fourth-order valence-electron chi connectivity index (χ4n) is 1.86. The molecule has 2 aromatic rings. The zero-order valence-electron chi connectivity index (χ0n) is 11.7. The molecule has 1 aromatic heterocycles. The largest absolute Gasteiger partial charge is 0.502 e. The predicted molar refractivity (Wildman–Crippen MR) is 75.7 cm³/mol. The molecule has 1 heterocycles. The summed E-state index contributed by atoms with van der Waals surface area (Å²) in [6.45, 7) is 1.84. The second-order valence-electron chi connectivity index (χ2n) is 4.72. The Morgan fingerprint density at radius 3 is 2.57 bits per heavy atom. The van der Waals surface area contributed by atoms with Crippen LogP contribution in [0, 0.1) is 12.7 Å². The van der Waals surface area contributed by atoms with Crippen LogP contribution in [0.5, 0.6) is 5.75 Å². The monoisotopic (exact) mass is 290 g/mol. The molecule has 110 valence electrons. The van der Waals surface area contributed by atoms with Gasteiger partial charge in [0.1, 0.15) is 5.82 Å². The first-order valence-electron chi connectivity index (χ1n) is 6.32. The van der Waals surface area contributed by atoms with Crippen molar-refractivity contribution < 1.29 is 14.3 Å². The summed E-state index contributed by atoms with van der Waals surface area (Å²) in [5.41, 5.74) is 0.578. The number of benzene rings is 1. The Bertz CT molecular complexity index is 736. The number of hydrogen-bond acceptors (Lipinski definition) is 3. The van der Waals surface area contributed by atoms with Crippen LogP contribution in [0.15, 0.2) is 35.1 Å². The number of hydrogen-bond donors (Lipinski definition) is 2. The summed E-state index contributed by atoms with van der Waals surface area (Å²) in [4.78, 5) is 23.7. The van der Waals surface area contributed by atoms with Crippen molar-refractivity contribution in [1.29, 1.82) is 0 Å². The van der Waals surface area contributed by atoms with Crippen LogP contribution in [0.25, 0.3) is 0 Å². The van der Waals surface area contributed by atoms with E-state index in [2.05, 4.69) is 5.32 Å². The van der Waals surface area contributed by atoms with Crippen molar-refractivity contribution in [2.75, 3.05) is 0 Å². The maximum absolute atomic E-state index is 12.8. The minimum absolute atomic E-state index is 0.0716. The number of carbonyl (C=O) groups excluding carboxylic acids is 1. The SMILES string of the molecule is Cc1cc(C(=O)NCc2ccc(F)cc2)c(O)c(=O)n1C. The summed E-state index contributed by atoms with van der Waals surface area (Å²) < 4.78 is 14.0. The predicted octanol–water partition coefficient (Wildman–Crippen LogP) is 1.47. The highest BCUT2D eigenvalue weighted by atomic mass is 19.1. The van der Waals surface area contributed by atoms with Gasteiger partial charge in [-0.15, -0.1) is 0 Å². The number of pyridine rings is 1. The fourth-order valence-corrected chi connectivity index (χ4v) is 1.86. The van der Waals surface area contributed by atoms with Gasteiger partial charge in [-0.2, -0.15) is 0 Å². The molecule has 2 N–H and O–H groups in total. The number of nitrogens with zero attached hydrogens (tertiary/aromatic N) is 1. The van der Waals surface area contributed by atoms with Crippen molar-refractivity contribution in [1.82, 2.24) is 9.88 Å². The Morgan fingerprint density at radius 2 is 1.95 bits per heavy atom. The topological polar surface area (TPSA) is 71.3 Å². The second-order valence-corrected chi connectivity index (χ2v) is 4.72. The normalized spacial score (nSPS) is 10.4. The number of carbonyl (C=O) groups is 1. The van der Waals surface area contributed by atoms with Crippen LogP contribution in [-0.2, 0) is 13.6 Å². The van der Waals surface area contributed by atoms with Gasteiger partial charge < -0.3 is 15.0 Å². The third-order valence-electron chi connectivity index (χ3n) is 3.26. The first-order chi connectivity index (χ1) is 9.90. The first-order valence-corrected chi connectivity index (χ1v) is 6.32. The number of rotatable bonds is 3. The lowest BCUT2D eigenvalue weighted by Crippen LogP contribution is -2.27. The lowest BCUT2D eigenvalue weighted by molar-refractivity contribution is 0.0947. The molecule has 0 aliphatic carbocycles. The van der Waals surface area contributed by atoms with Gasteiger partial charge in [-0.1, -0.05) is 12.1 Å². The summed E-state index contributed by atoms with van der Waals surface area (Å²) in [6.07, 6.45) is 0. The molecule has 2 rings (SSSR count). The van der Waals surface area contributed by atoms with E-state index in [4.69, 9.17) is 0 Å². The van der Waals surface area contributed by atoms with Crippen LogP contribution in [0.2, 0.25) is 0 Å². The molecule has 0 saturated heterocycles. The molecule has 0 aliphatic heterocycles. The molecular weight excluding hydrogens is 275 g/mol. The molecule has 0 unspecified atom stereocenters. The van der Waals surface area contributed by atoms with Crippen molar-refractivity contribution >= 4 is 5.91 Å². The van der Waals surface area contributed by atoms with Gasteiger partial charge in [-0.3, -0.25) is 9.59 Å². The van der Waals surface area contributed by atoms with Gasteiger partial charge in [0.05, 0.1) is 5.56 Å². The molecule has 6 heteroatoms. The Labute approximate surface area is 120 Å². The highest BCUT2D eigenvalue weighted by molar-refractivity contribution is 5.96. The van der Waals surface area contributed by atoms with Crippen LogP contribution in [-0.4, -0.2) is 15.6 Å².